The number of amides is 3. The number of hydrogen-bond acceptors (Lipinski definition) is 3. The molecule has 3 aromatic rings. The van der Waals surface area contributed by atoms with Crippen molar-refractivity contribution in [3.8, 4) is 0 Å². The smallest absolute Gasteiger partial charge is 0.310 e. The van der Waals surface area contributed by atoms with Crippen LogP contribution in [0.25, 0.3) is 0 Å². The first-order valence-electron chi connectivity index (χ1n) is 9.26. The average Bonchev–Trinajstić information content (AvgIpc) is 2.80. The van der Waals surface area contributed by atoms with Gasteiger partial charge in [-0.2, -0.15) is 0 Å². The highest BCUT2D eigenvalue weighted by atomic mass is 32.2. The summed E-state index contributed by atoms with van der Waals surface area (Å²) in [6.45, 7) is 3.93. The van der Waals surface area contributed by atoms with Crippen LogP contribution in [-0.4, -0.2) is 19.0 Å². The standard InChI is InChI=1S/C23H21N3O2S/c1-14-8-9-15(2)18(12-14)25-23(28)24-16-10-11-21-19(13-16)26(3)22(27)17-6-4-5-7-20(17)29-21/h4-13H,1-3H3,(H2,24,25,28). The van der Waals surface area contributed by atoms with Gasteiger partial charge in [0.25, 0.3) is 5.91 Å². The average molecular weight is 404 g/mol. The predicted octanol–water partition coefficient (Wildman–Crippen LogP) is 5.69. The Balaban J connectivity index is 1.58. The fraction of sp³-hybridized carbons (Fsp3) is 0.130. The molecule has 4 rings (SSSR count). The number of aryl methyl sites for hydroxylation is 2. The lowest BCUT2D eigenvalue weighted by Crippen LogP contribution is -2.26. The van der Waals surface area contributed by atoms with Crippen LogP contribution in [0.5, 0.6) is 0 Å². The zero-order chi connectivity index (χ0) is 20.5. The highest BCUT2D eigenvalue weighted by Gasteiger charge is 2.24. The summed E-state index contributed by atoms with van der Waals surface area (Å²) in [6, 6.07) is 18.8. The van der Waals surface area contributed by atoms with E-state index in [-0.39, 0.29) is 11.9 Å². The fourth-order valence-electron chi connectivity index (χ4n) is 3.24. The molecular formula is C23H21N3O2S. The van der Waals surface area contributed by atoms with E-state index in [2.05, 4.69) is 10.6 Å². The lowest BCUT2D eigenvalue weighted by molar-refractivity contribution is 0.0990. The van der Waals surface area contributed by atoms with Crippen molar-refractivity contribution in [3.05, 3.63) is 77.4 Å². The minimum Gasteiger partial charge on any atom is -0.310 e. The number of carbonyl (C=O) groups is 2. The molecule has 1 aliphatic rings. The third-order valence-electron chi connectivity index (χ3n) is 4.86. The van der Waals surface area contributed by atoms with Crippen LogP contribution in [0, 0.1) is 13.8 Å². The van der Waals surface area contributed by atoms with Crippen LogP contribution >= 0.6 is 11.8 Å². The Labute approximate surface area is 174 Å². The lowest BCUT2D eigenvalue weighted by atomic mass is 10.1. The van der Waals surface area contributed by atoms with Gasteiger partial charge in [-0.05, 0) is 61.4 Å². The SMILES string of the molecule is Cc1ccc(C)c(NC(=O)Nc2ccc3c(c2)N(C)C(=O)c2ccccc2S3)c1. The molecule has 0 unspecified atom stereocenters. The van der Waals surface area contributed by atoms with E-state index in [1.165, 1.54) is 0 Å². The zero-order valence-electron chi connectivity index (χ0n) is 16.4. The minimum absolute atomic E-state index is 0.0659. The van der Waals surface area contributed by atoms with Gasteiger partial charge >= 0.3 is 6.03 Å². The predicted molar refractivity (Wildman–Crippen MR) is 118 cm³/mol. The first kappa shape index (κ1) is 19.1. The largest absolute Gasteiger partial charge is 0.323 e. The molecule has 0 saturated heterocycles. The van der Waals surface area contributed by atoms with E-state index in [1.807, 2.05) is 74.5 Å². The van der Waals surface area contributed by atoms with Crippen LogP contribution in [0.3, 0.4) is 0 Å². The molecule has 0 fully saturated rings. The zero-order valence-corrected chi connectivity index (χ0v) is 17.3. The van der Waals surface area contributed by atoms with Crippen molar-refractivity contribution in [2.24, 2.45) is 0 Å². The number of hydrogen-bond donors (Lipinski definition) is 2. The van der Waals surface area contributed by atoms with Gasteiger partial charge in [-0.3, -0.25) is 4.79 Å². The molecule has 1 heterocycles. The van der Waals surface area contributed by atoms with E-state index in [9.17, 15) is 9.59 Å². The molecule has 29 heavy (non-hydrogen) atoms. The van der Waals surface area contributed by atoms with Crippen molar-refractivity contribution in [1.29, 1.82) is 0 Å². The minimum atomic E-state index is -0.322. The van der Waals surface area contributed by atoms with E-state index < -0.39 is 0 Å². The van der Waals surface area contributed by atoms with Gasteiger partial charge in [-0.1, -0.05) is 36.0 Å². The maximum atomic E-state index is 12.9. The Morgan fingerprint density at radius 3 is 2.55 bits per heavy atom. The molecular weight excluding hydrogens is 382 g/mol. The van der Waals surface area contributed by atoms with Crippen LogP contribution in [0.15, 0.2) is 70.5 Å². The molecule has 146 valence electrons. The van der Waals surface area contributed by atoms with Crippen molar-refractivity contribution in [2.45, 2.75) is 23.6 Å². The van der Waals surface area contributed by atoms with Crippen LogP contribution in [0.4, 0.5) is 21.9 Å². The molecule has 2 N–H and O–H groups in total. The first-order valence-corrected chi connectivity index (χ1v) is 10.1. The molecule has 3 aromatic carbocycles. The first-order chi connectivity index (χ1) is 13.9. The quantitative estimate of drug-likeness (QED) is 0.578. The monoisotopic (exact) mass is 403 g/mol. The van der Waals surface area contributed by atoms with Gasteiger partial charge in [0.05, 0.1) is 11.3 Å². The summed E-state index contributed by atoms with van der Waals surface area (Å²) >= 11 is 1.55. The van der Waals surface area contributed by atoms with Crippen molar-refractivity contribution in [2.75, 3.05) is 22.6 Å². The number of fused-ring (bicyclic) bond motifs is 2. The van der Waals surface area contributed by atoms with E-state index in [1.54, 1.807) is 23.7 Å². The van der Waals surface area contributed by atoms with E-state index in [4.69, 9.17) is 0 Å². The summed E-state index contributed by atoms with van der Waals surface area (Å²) in [6.07, 6.45) is 0. The fourth-order valence-corrected chi connectivity index (χ4v) is 4.32. The number of nitrogens with zero attached hydrogens (tertiary/aromatic N) is 1. The third kappa shape index (κ3) is 3.84. The Hall–Kier alpha value is -3.25. The summed E-state index contributed by atoms with van der Waals surface area (Å²) in [7, 11) is 1.75. The molecule has 0 atom stereocenters. The van der Waals surface area contributed by atoms with Gasteiger partial charge in [-0.15, -0.1) is 0 Å². The highest BCUT2D eigenvalue weighted by molar-refractivity contribution is 7.99. The van der Waals surface area contributed by atoms with Crippen LogP contribution in [0.2, 0.25) is 0 Å². The summed E-state index contributed by atoms with van der Waals surface area (Å²) in [5, 5.41) is 5.76. The van der Waals surface area contributed by atoms with Gasteiger partial charge < -0.3 is 15.5 Å². The van der Waals surface area contributed by atoms with Crippen LogP contribution in [0.1, 0.15) is 21.5 Å². The lowest BCUT2D eigenvalue weighted by Gasteiger charge is -2.19. The van der Waals surface area contributed by atoms with E-state index in [0.717, 1.165) is 32.3 Å². The van der Waals surface area contributed by atoms with Gasteiger partial charge in [0.1, 0.15) is 0 Å². The number of urea groups is 1. The summed E-state index contributed by atoms with van der Waals surface area (Å²) in [4.78, 5) is 28.9. The molecule has 0 aliphatic carbocycles. The molecule has 3 amide bonds. The molecule has 0 bridgehead atoms. The Kier molecular flexibility index (Phi) is 5.03. The topological polar surface area (TPSA) is 61.4 Å². The maximum absolute atomic E-state index is 12.9. The number of benzene rings is 3. The van der Waals surface area contributed by atoms with Gasteiger partial charge in [0, 0.05) is 28.2 Å². The molecule has 5 nitrogen and oxygen atoms in total. The summed E-state index contributed by atoms with van der Waals surface area (Å²) < 4.78 is 0. The van der Waals surface area contributed by atoms with Gasteiger partial charge in [0.15, 0.2) is 0 Å². The second-order valence-corrected chi connectivity index (χ2v) is 8.13. The van der Waals surface area contributed by atoms with Gasteiger partial charge in [0.2, 0.25) is 0 Å². The molecule has 0 saturated carbocycles. The summed E-state index contributed by atoms with van der Waals surface area (Å²) in [5.41, 5.74) is 4.91. The van der Waals surface area contributed by atoms with E-state index >= 15 is 0 Å². The molecule has 1 aliphatic heterocycles. The second kappa shape index (κ2) is 7.64. The molecule has 0 aromatic heterocycles. The van der Waals surface area contributed by atoms with Gasteiger partial charge in [-0.25, -0.2) is 4.79 Å². The number of nitrogens with one attached hydrogen (secondary N) is 2. The van der Waals surface area contributed by atoms with Crippen molar-refractivity contribution < 1.29 is 9.59 Å². The van der Waals surface area contributed by atoms with Crippen LogP contribution < -0.4 is 15.5 Å². The second-order valence-electron chi connectivity index (χ2n) is 7.04. The summed E-state index contributed by atoms with van der Waals surface area (Å²) in [5.74, 6) is -0.0659. The Morgan fingerprint density at radius 2 is 1.72 bits per heavy atom. The molecule has 0 spiro atoms. The molecule has 0 radical (unpaired) electrons. The maximum Gasteiger partial charge on any atom is 0.323 e. The van der Waals surface area contributed by atoms with Crippen molar-refractivity contribution in [3.63, 3.8) is 0 Å². The number of rotatable bonds is 2. The molecule has 6 heteroatoms. The van der Waals surface area contributed by atoms with Crippen molar-refractivity contribution in [1.82, 2.24) is 0 Å². The normalized spacial score (nSPS) is 12.7. The Bertz CT molecular complexity index is 1130. The van der Waals surface area contributed by atoms with Crippen LogP contribution in [-0.2, 0) is 0 Å². The number of anilines is 3. The highest BCUT2D eigenvalue weighted by Crippen LogP contribution is 2.41. The Morgan fingerprint density at radius 1 is 0.931 bits per heavy atom. The van der Waals surface area contributed by atoms with Crippen molar-refractivity contribution >= 4 is 40.8 Å². The third-order valence-corrected chi connectivity index (χ3v) is 6.00. The van der Waals surface area contributed by atoms with E-state index in [0.29, 0.717) is 11.3 Å². The number of carbonyl (C=O) groups excluding carboxylic acids is 2.